The number of allylic oxidation sites excluding steroid dienone is 1. The summed E-state index contributed by atoms with van der Waals surface area (Å²) < 4.78 is 9.52. The lowest BCUT2D eigenvalue weighted by Gasteiger charge is -2.25. The average Bonchev–Trinajstić information content (AvgIpc) is 3.54. The summed E-state index contributed by atoms with van der Waals surface area (Å²) in [4.78, 5) is 12.8. The van der Waals surface area contributed by atoms with Crippen LogP contribution in [0.5, 0.6) is 5.88 Å². The van der Waals surface area contributed by atoms with Crippen molar-refractivity contribution in [1.82, 2.24) is 29.3 Å². The Morgan fingerprint density at radius 3 is 2.50 bits per heavy atom. The molecule has 0 bridgehead atoms. The number of hydrogen-bond donors (Lipinski definition) is 1. The highest BCUT2D eigenvalue weighted by Crippen LogP contribution is 2.46. The van der Waals surface area contributed by atoms with E-state index >= 15 is 0 Å². The van der Waals surface area contributed by atoms with Crippen molar-refractivity contribution in [2.75, 3.05) is 0 Å². The van der Waals surface area contributed by atoms with Gasteiger partial charge in [-0.25, -0.2) is 9.67 Å². The molecule has 4 aromatic heterocycles. The van der Waals surface area contributed by atoms with Crippen LogP contribution in [0.1, 0.15) is 17.0 Å². The summed E-state index contributed by atoms with van der Waals surface area (Å²) >= 11 is 0. The molecule has 9 nitrogen and oxygen atoms in total. The molecule has 9 heteroatoms. The molecule has 2 N–H and O–H groups in total. The molecular formula is C27H20N8O. The predicted octanol–water partition coefficient (Wildman–Crippen LogP) is 3.95. The second kappa shape index (κ2) is 8.52. The van der Waals surface area contributed by atoms with E-state index in [1.807, 2.05) is 59.3 Å². The number of benzene rings is 1. The molecule has 0 saturated carbocycles. The Kier molecular flexibility index (Phi) is 5.05. The molecule has 0 amide bonds. The molecule has 0 aliphatic carbocycles. The van der Waals surface area contributed by atoms with Crippen LogP contribution in [0.2, 0.25) is 0 Å². The third kappa shape index (κ3) is 3.40. The molecule has 5 aromatic rings. The van der Waals surface area contributed by atoms with Gasteiger partial charge >= 0.3 is 0 Å². The molecule has 0 saturated heterocycles. The molecule has 1 unspecified atom stereocenters. The fraction of sp³-hybridized carbons (Fsp3) is 0.0741. The van der Waals surface area contributed by atoms with Gasteiger partial charge in [0.1, 0.15) is 23.2 Å². The topological polar surface area (TPSA) is 120 Å². The van der Waals surface area contributed by atoms with Crippen molar-refractivity contribution in [1.29, 1.82) is 5.26 Å². The summed E-state index contributed by atoms with van der Waals surface area (Å²) in [6.07, 6.45) is 10.6. The van der Waals surface area contributed by atoms with E-state index < -0.39 is 5.92 Å². The third-order valence-electron chi connectivity index (χ3n) is 6.22. The molecule has 1 aliphatic heterocycles. The van der Waals surface area contributed by atoms with Crippen molar-refractivity contribution < 1.29 is 4.74 Å². The Hall–Kier alpha value is -5.23. The molecule has 1 aliphatic rings. The van der Waals surface area contributed by atoms with Gasteiger partial charge in [-0.15, -0.1) is 0 Å². The van der Waals surface area contributed by atoms with E-state index in [9.17, 15) is 5.26 Å². The lowest BCUT2D eigenvalue weighted by atomic mass is 9.83. The fourth-order valence-corrected chi connectivity index (χ4v) is 4.58. The van der Waals surface area contributed by atoms with Gasteiger partial charge in [0.25, 0.3) is 0 Å². The first-order chi connectivity index (χ1) is 17.7. The van der Waals surface area contributed by atoms with Crippen molar-refractivity contribution >= 4 is 0 Å². The van der Waals surface area contributed by atoms with E-state index in [1.54, 1.807) is 42.7 Å². The lowest BCUT2D eigenvalue weighted by Crippen LogP contribution is -2.21. The van der Waals surface area contributed by atoms with Gasteiger partial charge in [0, 0.05) is 61.0 Å². The highest BCUT2D eigenvalue weighted by Gasteiger charge is 2.36. The van der Waals surface area contributed by atoms with E-state index in [1.165, 1.54) is 0 Å². The van der Waals surface area contributed by atoms with Crippen LogP contribution in [-0.4, -0.2) is 29.3 Å². The van der Waals surface area contributed by atoms with Crippen LogP contribution in [0.25, 0.3) is 28.3 Å². The highest BCUT2D eigenvalue weighted by molar-refractivity contribution is 5.71. The predicted molar refractivity (Wildman–Crippen MR) is 133 cm³/mol. The maximum atomic E-state index is 10.0. The summed E-state index contributed by atoms with van der Waals surface area (Å²) in [6.45, 7) is 0. The van der Waals surface area contributed by atoms with Crippen molar-refractivity contribution in [3.63, 3.8) is 0 Å². The molecule has 1 aromatic carbocycles. The number of imidazole rings is 1. The number of nitriles is 1. The molecule has 6 rings (SSSR count). The first kappa shape index (κ1) is 21.3. The average molecular weight is 473 g/mol. The first-order valence-corrected chi connectivity index (χ1v) is 11.2. The van der Waals surface area contributed by atoms with Gasteiger partial charge in [-0.1, -0.05) is 12.1 Å². The Labute approximate surface area is 206 Å². The minimum Gasteiger partial charge on any atom is -0.422 e. The maximum Gasteiger partial charge on any atom is 0.224 e. The number of hydrogen-bond acceptors (Lipinski definition) is 7. The summed E-state index contributed by atoms with van der Waals surface area (Å²) in [5.74, 6) is 0.946. The van der Waals surface area contributed by atoms with Gasteiger partial charge in [-0.05, 0) is 42.0 Å². The van der Waals surface area contributed by atoms with Crippen LogP contribution in [0.15, 0.2) is 97.2 Å². The smallest absolute Gasteiger partial charge is 0.224 e. The number of nitrogens with two attached hydrogens (primary N) is 1. The van der Waals surface area contributed by atoms with E-state index in [0.717, 1.165) is 39.5 Å². The Balaban J connectivity index is 1.46. The van der Waals surface area contributed by atoms with Crippen molar-refractivity contribution in [2.24, 2.45) is 12.8 Å². The zero-order valence-corrected chi connectivity index (χ0v) is 19.3. The van der Waals surface area contributed by atoms with Crippen molar-refractivity contribution in [3.05, 3.63) is 108 Å². The minimum atomic E-state index is -0.440. The van der Waals surface area contributed by atoms with E-state index in [-0.39, 0.29) is 5.88 Å². The monoisotopic (exact) mass is 472 g/mol. The molecule has 1 atom stereocenters. The van der Waals surface area contributed by atoms with Crippen LogP contribution in [0.3, 0.4) is 0 Å². The number of aryl methyl sites for hydroxylation is 1. The van der Waals surface area contributed by atoms with E-state index in [4.69, 9.17) is 15.6 Å². The molecule has 174 valence electrons. The lowest BCUT2D eigenvalue weighted by molar-refractivity contribution is 0.358. The maximum absolute atomic E-state index is 10.0. The SMILES string of the molecule is Cn1nc(-c2ccncc2)c2c1OC(N)=C(C#N)C2c1ccc(-n2ccnc2-c2cccnc2)cc1. The number of fused-ring (bicyclic) bond motifs is 1. The fourth-order valence-electron chi connectivity index (χ4n) is 4.58. The Bertz CT molecular complexity index is 1630. The van der Waals surface area contributed by atoms with E-state index in [0.29, 0.717) is 11.5 Å². The van der Waals surface area contributed by atoms with Crippen LogP contribution >= 0.6 is 0 Å². The number of rotatable bonds is 4. The van der Waals surface area contributed by atoms with Crippen LogP contribution in [-0.2, 0) is 7.05 Å². The molecule has 5 heterocycles. The zero-order chi connectivity index (χ0) is 24.6. The number of pyridine rings is 2. The molecule has 0 radical (unpaired) electrons. The molecule has 0 spiro atoms. The summed E-state index contributed by atoms with van der Waals surface area (Å²) in [5.41, 5.74) is 11.7. The zero-order valence-electron chi connectivity index (χ0n) is 19.3. The standard InChI is InChI=1S/C27H20N8O/c1-34-27-23(24(33-34)18-8-11-30-12-9-18)22(21(15-28)25(29)36-27)17-4-6-20(7-5-17)35-14-13-32-26(35)19-3-2-10-31-16-19/h2-14,16,22H,29H2,1H3. The Morgan fingerprint density at radius 2 is 1.78 bits per heavy atom. The number of aromatic nitrogens is 6. The van der Waals surface area contributed by atoms with Gasteiger partial charge in [0.15, 0.2) is 0 Å². The quantitative estimate of drug-likeness (QED) is 0.420. The van der Waals surface area contributed by atoms with Gasteiger partial charge in [0.2, 0.25) is 11.8 Å². The van der Waals surface area contributed by atoms with Crippen LogP contribution in [0, 0.1) is 11.3 Å². The number of nitrogens with zero attached hydrogens (tertiary/aromatic N) is 7. The normalized spacial score (nSPS) is 14.7. The van der Waals surface area contributed by atoms with Gasteiger partial charge in [0.05, 0.1) is 11.5 Å². The van der Waals surface area contributed by atoms with Gasteiger partial charge in [-0.2, -0.15) is 10.4 Å². The molecular weight excluding hydrogens is 452 g/mol. The van der Waals surface area contributed by atoms with Crippen molar-refractivity contribution in [2.45, 2.75) is 5.92 Å². The van der Waals surface area contributed by atoms with Crippen LogP contribution in [0.4, 0.5) is 0 Å². The van der Waals surface area contributed by atoms with Gasteiger partial charge < -0.3 is 10.5 Å². The van der Waals surface area contributed by atoms with Gasteiger partial charge in [-0.3, -0.25) is 14.5 Å². The highest BCUT2D eigenvalue weighted by atomic mass is 16.5. The largest absolute Gasteiger partial charge is 0.422 e. The Morgan fingerprint density at radius 1 is 0.972 bits per heavy atom. The second-order valence-electron chi connectivity index (χ2n) is 8.31. The summed E-state index contributed by atoms with van der Waals surface area (Å²) in [7, 11) is 1.80. The van der Waals surface area contributed by atoms with Crippen molar-refractivity contribution in [3.8, 4) is 40.3 Å². The molecule has 0 fully saturated rings. The molecule has 36 heavy (non-hydrogen) atoms. The third-order valence-corrected chi connectivity index (χ3v) is 6.22. The van der Waals surface area contributed by atoms with Crippen LogP contribution < -0.4 is 10.5 Å². The summed E-state index contributed by atoms with van der Waals surface area (Å²) in [6, 6.07) is 17.9. The van der Waals surface area contributed by atoms with E-state index in [2.05, 4.69) is 21.0 Å². The number of ether oxygens (including phenoxy) is 1. The summed E-state index contributed by atoms with van der Waals surface area (Å²) in [5, 5.41) is 14.7. The first-order valence-electron chi connectivity index (χ1n) is 11.2. The second-order valence-corrected chi connectivity index (χ2v) is 8.31. The minimum absolute atomic E-state index is 0.0804.